The number of carbonyl (C=O) groups excluding carboxylic acids is 1. The summed E-state index contributed by atoms with van der Waals surface area (Å²) in [6.07, 6.45) is 7.58. The van der Waals surface area contributed by atoms with E-state index in [1.54, 1.807) is 6.92 Å². The van der Waals surface area contributed by atoms with Gasteiger partial charge in [0, 0.05) is 12.3 Å². The number of terminal acetylenes is 1. The lowest BCUT2D eigenvalue weighted by atomic mass is 10.1. The van der Waals surface area contributed by atoms with Crippen LogP contribution < -0.4 is 0 Å². The van der Waals surface area contributed by atoms with Crippen molar-refractivity contribution in [1.82, 2.24) is 0 Å². The Kier molecular flexibility index (Phi) is 3.91. The van der Waals surface area contributed by atoms with E-state index in [4.69, 9.17) is 11.2 Å². The molecule has 0 N–H and O–H groups in total. The van der Waals surface area contributed by atoms with Gasteiger partial charge in [0.1, 0.15) is 12.4 Å². The predicted octanol–water partition coefficient (Wildman–Crippen LogP) is 1.95. The Labute approximate surface area is 85.3 Å². The topological polar surface area (TPSA) is 26.3 Å². The Balaban J connectivity index is 2.33. The van der Waals surface area contributed by atoms with Gasteiger partial charge in [0.25, 0.3) is 0 Å². The van der Waals surface area contributed by atoms with E-state index in [9.17, 15) is 4.79 Å². The summed E-state index contributed by atoms with van der Waals surface area (Å²) >= 11 is 0. The van der Waals surface area contributed by atoms with Crippen LogP contribution >= 0.6 is 0 Å². The van der Waals surface area contributed by atoms with Gasteiger partial charge in [-0.3, -0.25) is 0 Å². The summed E-state index contributed by atoms with van der Waals surface area (Å²) < 4.78 is 5.49. The van der Waals surface area contributed by atoms with Gasteiger partial charge in [-0.05, 0) is 19.8 Å². The summed E-state index contributed by atoms with van der Waals surface area (Å²) in [6.45, 7) is 5.81. The highest BCUT2D eigenvalue weighted by atomic mass is 16.5. The third kappa shape index (κ3) is 3.35. The SMILES string of the molecule is C#CCO[C@H](CCC(C)=O)[C@@H]1CC1=C. The molecule has 2 heteroatoms. The molecule has 2 nitrogen and oxygen atoms in total. The molecule has 0 heterocycles. The van der Waals surface area contributed by atoms with Crippen LogP contribution in [0.15, 0.2) is 12.2 Å². The molecule has 0 spiro atoms. The fraction of sp³-hybridized carbons (Fsp3) is 0.583. The van der Waals surface area contributed by atoms with Crippen molar-refractivity contribution in [2.24, 2.45) is 5.92 Å². The van der Waals surface area contributed by atoms with E-state index < -0.39 is 0 Å². The molecule has 1 aliphatic carbocycles. The smallest absolute Gasteiger partial charge is 0.129 e. The molecule has 0 aromatic carbocycles. The number of hydrogen-bond donors (Lipinski definition) is 0. The minimum absolute atomic E-state index is 0.0995. The van der Waals surface area contributed by atoms with Crippen LogP contribution in [0.25, 0.3) is 0 Å². The third-order valence-electron chi connectivity index (χ3n) is 2.46. The van der Waals surface area contributed by atoms with Crippen molar-refractivity contribution in [3.8, 4) is 12.3 Å². The Hall–Kier alpha value is -1.07. The van der Waals surface area contributed by atoms with Crippen molar-refractivity contribution in [1.29, 1.82) is 0 Å². The Bertz CT molecular complexity index is 273. The summed E-state index contributed by atoms with van der Waals surface area (Å²) in [5, 5.41) is 0. The largest absolute Gasteiger partial charge is 0.365 e. The van der Waals surface area contributed by atoms with Gasteiger partial charge in [-0.15, -0.1) is 6.42 Å². The average molecular weight is 192 g/mol. The number of carbonyl (C=O) groups is 1. The lowest BCUT2D eigenvalue weighted by Gasteiger charge is -2.14. The summed E-state index contributed by atoms with van der Waals surface area (Å²) in [7, 11) is 0. The fourth-order valence-electron chi connectivity index (χ4n) is 1.52. The van der Waals surface area contributed by atoms with Crippen molar-refractivity contribution in [3.05, 3.63) is 12.2 Å². The van der Waals surface area contributed by atoms with Crippen molar-refractivity contribution >= 4 is 5.78 Å². The third-order valence-corrected chi connectivity index (χ3v) is 2.46. The van der Waals surface area contributed by atoms with Gasteiger partial charge in [-0.2, -0.15) is 0 Å². The van der Waals surface area contributed by atoms with Gasteiger partial charge in [0.2, 0.25) is 0 Å². The second-order valence-corrected chi connectivity index (χ2v) is 3.76. The van der Waals surface area contributed by atoms with Crippen LogP contribution in [0.3, 0.4) is 0 Å². The molecule has 0 aromatic heterocycles. The van der Waals surface area contributed by atoms with E-state index in [0.717, 1.165) is 12.8 Å². The molecule has 1 saturated carbocycles. The number of Topliss-reactive ketones (excluding diaryl/α,β-unsaturated/α-hetero) is 1. The quantitative estimate of drug-likeness (QED) is 0.475. The number of ether oxygens (including phenoxy) is 1. The van der Waals surface area contributed by atoms with Crippen LogP contribution in [0, 0.1) is 18.3 Å². The molecule has 0 bridgehead atoms. The van der Waals surface area contributed by atoms with E-state index in [2.05, 4.69) is 12.5 Å². The van der Waals surface area contributed by atoms with Gasteiger partial charge in [-0.1, -0.05) is 18.1 Å². The maximum absolute atomic E-state index is 10.8. The van der Waals surface area contributed by atoms with Crippen LogP contribution in [0.4, 0.5) is 0 Å². The van der Waals surface area contributed by atoms with Crippen molar-refractivity contribution < 1.29 is 9.53 Å². The van der Waals surface area contributed by atoms with Crippen LogP contribution in [-0.4, -0.2) is 18.5 Å². The highest BCUT2D eigenvalue weighted by molar-refractivity contribution is 5.75. The summed E-state index contributed by atoms with van der Waals surface area (Å²) in [5.74, 6) is 3.08. The molecule has 0 amide bonds. The molecule has 76 valence electrons. The van der Waals surface area contributed by atoms with E-state index in [-0.39, 0.29) is 11.9 Å². The maximum Gasteiger partial charge on any atom is 0.129 e. The van der Waals surface area contributed by atoms with Crippen LogP contribution in [0.5, 0.6) is 0 Å². The van der Waals surface area contributed by atoms with Crippen LogP contribution in [0.1, 0.15) is 26.2 Å². The van der Waals surface area contributed by atoms with Gasteiger partial charge >= 0.3 is 0 Å². The highest BCUT2D eigenvalue weighted by Gasteiger charge is 2.35. The van der Waals surface area contributed by atoms with Gasteiger partial charge in [-0.25, -0.2) is 0 Å². The van der Waals surface area contributed by atoms with E-state index in [1.807, 2.05) is 0 Å². The zero-order valence-electron chi connectivity index (χ0n) is 8.58. The number of hydrogen-bond acceptors (Lipinski definition) is 2. The maximum atomic E-state index is 10.8. The van der Waals surface area contributed by atoms with Crippen molar-refractivity contribution in [3.63, 3.8) is 0 Å². The molecule has 14 heavy (non-hydrogen) atoms. The lowest BCUT2D eigenvalue weighted by molar-refractivity contribution is -0.117. The molecule has 1 fully saturated rings. The number of ketones is 1. The van der Waals surface area contributed by atoms with Crippen LogP contribution in [0.2, 0.25) is 0 Å². The van der Waals surface area contributed by atoms with Gasteiger partial charge in [0.15, 0.2) is 0 Å². The van der Waals surface area contributed by atoms with E-state index >= 15 is 0 Å². The molecule has 0 unspecified atom stereocenters. The molecule has 0 saturated heterocycles. The van der Waals surface area contributed by atoms with Crippen molar-refractivity contribution in [2.45, 2.75) is 32.3 Å². The first kappa shape index (κ1) is 11.0. The first-order valence-electron chi connectivity index (χ1n) is 4.87. The summed E-state index contributed by atoms with van der Waals surface area (Å²) in [6, 6.07) is 0. The normalized spacial score (nSPS) is 21.4. The molecule has 1 aliphatic rings. The molecule has 2 atom stereocenters. The zero-order chi connectivity index (χ0) is 10.6. The van der Waals surface area contributed by atoms with Gasteiger partial charge < -0.3 is 9.53 Å². The first-order chi connectivity index (χ1) is 6.65. The number of rotatable bonds is 6. The first-order valence-corrected chi connectivity index (χ1v) is 4.87. The average Bonchev–Trinajstić information content (AvgIpc) is 2.82. The predicted molar refractivity (Wildman–Crippen MR) is 55.7 cm³/mol. The van der Waals surface area contributed by atoms with Crippen LogP contribution in [-0.2, 0) is 9.53 Å². The Morgan fingerprint density at radius 2 is 2.50 bits per heavy atom. The molecule has 1 rings (SSSR count). The molecule has 0 aliphatic heterocycles. The monoisotopic (exact) mass is 192 g/mol. The van der Waals surface area contributed by atoms with E-state index in [1.165, 1.54) is 5.57 Å². The zero-order valence-corrected chi connectivity index (χ0v) is 8.58. The fourth-order valence-corrected chi connectivity index (χ4v) is 1.52. The highest BCUT2D eigenvalue weighted by Crippen LogP contribution is 2.41. The van der Waals surface area contributed by atoms with E-state index in [0.29, 0.717) is 18.9 Å². The second-order valence-electron chi connectivity index (χ2n) is 3.76. The Morgan fingerprint density at radius 1 is 1.86 bits per heavy atom. The molecule has 0 radical (unpaired) electrons. The minimum atomic E-state index is 0.0995. The molecular weight excluding hydrogens is 176 g/mol. The molecular formula is C12H16O2. The molecule has 0 aromatic rings. The summed E-state index contributed by atoms with van der Waals surface area (Å²) in [4.78, 5) is 10.8. The lowest BCUT2D eigenvalue weighted by Crippen LogP contribution is -2.17. The minimum Gasteiger partial charge on any atom is -0.365 e. The van der Waals surface area contributed by atoms with Crippen molar-refractivity contribution in [2.75, 3.05) is 6.61 Å². The summed E-state index contributed by atoms with van der Waals surface area (Å²) in [5.41, 5.74) is 1.22. The van der Waals surface area contributed by atoms with Gasteiger partial charge in [0.05, 0.1) is 6.10 Å². The standard InChI is InChI=1S/C12H16O2/c1-4-7-14-12(6-5-10(3)13)11-8-9(11)2/h1,11-12H,2,5-8H2,3H3/t11-,12-/m1/s1. The Morgan fingerprint density at radius 3 is 2.93 bits per heavy atom. The second kappa shape index (κ2) is 4.97.